The van der Waals surface area contributed by atoms with Crippen LogP contribution in [0.2, 0.25) is 0 Å². The fourth-order valence-electron chi connectivity index (χ4n) is 3.59. The SMILES string of the molecule is O=C(N[C@H](Cc1ccc(C(F)(F)F)cc1)C(=O)O)[C@H]1CCCN1C(=O)OCc1ccccc1. The Morgan fingerprint density at radius 3 is 2.33 bits per heavy atom. The van der Waals surface area contributed by atoms with E-state index in [-0.39, 0.29) is 13.0 Å². The molecule has 7 nitrogen and oxygen atoms in total. The molecule has 0 bridgehead atoms. The van der Waals surface area contributed by atoms with Gasteiger partial charge in [-0.25, -0.2) is 9.59 Å². The van der Waals surface area contributed by atoms with E-state index in [1.165, 1.54) is 17.0 Å². The van der Waals surface area contributed by atoms with E-state index in [0.29, 0.717) is 24.9 Å². The van der Waals surface area contributed by atoms with E-state index < -0.39 is 41.8 Å². The summed E-state index contributed by atoms with van der Waals surface area (Å²) in [6.07, 6.45) is -4.48. The third-order valence-corrected chi connectivity index (χ3v) is 5.33. The van der Waals surface area contributed by atoms with Crippen molar-refractivity contribution < 1.29 is 37.4 Å². The number of hydrogen-bond acceptors (Lipinski definition) is 4. The van der Waals surface area contributed by atoms with Crippen LogP contribution in [0, 0.1) is 0 Å². The number of hydrogen-bond donors (Lipinski definition) is 2. The smallest absolute Gasteiger partial charge is 0.416 e. The van der Waals surface area contributed by atoms with Gasteiger partial charge in [0, 0.05) is 13.0 Å². The summed E-state index contributed by atoms with van der Waals surface area (Å²) in [7, 11) is 0. The largest absolute Gasteiger partial charge is 0.480 e. The molecule has 0 aliphatic carbocycles. The molecule has 1 aliphatic heterocycles. The Morgan fingerprint density at radius 1 is 1.06 bits per heavy atom. The van der Waals surface area contributed by atoms with Crippen molar-refractivity contribution in [2.45, 2.75) is 44.1 Å². The lowest BCUT2D eigenvalue weighted by atomic mass is 10.0. The fourth-order valence-corrected chi connectivity index (χ4v) is 3.59. The van der Waals surface area contributed by atoms with Crippen LogP contribution < -0.4 is 5.32 Å². The zero-order chi connectivity index (χ0) is 24.0. The Morgan fingerprint density at radius 2 is 1.73 bits per heavy atom. The first-order chi connectivity index (χ1) is 15.6. The highest BCUT2D eigenvalue weighted by Crippen LogP contribution is 2.29. The summed E-state index contributed by atoms with van der Waals surface area (Å²) in [5.74, 6) is -1.98. The van der Waals surface area contributed by atoms with Crippen LogP contribution in [0.4, 0.5) is 18.0 Å². The number of rotatable bonds is 7. The van der Waals surface area contributed by atoms with Gasteiger partial charge in [0.2, 0.25) is 5.91 Å². The fraction of sp³-hybridized carbons (Fsp3) is 0.348. The Bertz CT molecular complexity index is 980. The second-order valence-corrected chi connectivity index (χ2v) is 7.69. The maximum absolute atomic E-state index is 12.8. The number of carbonyl (C=O) groups excluding carboxylic acids is 2. The molecule has 1 saturated heterocycles. The highest BCUT2D eigenvalue weighted by Gasteiger charge is 2.37. The van der Waals surface area contributed by atoms with Crippen LogP contribution >= 0.6 is 0 Å². The van der Waals surface area contributed by atoms with Crippen molar-refractivity contribution in [3.63, 3.8) is 0 Å². The van der Waals surface area contributed by atoms with Gasteiger partial charge in [-0.3, -0.25) is 9.69 Å². The molecule has 10 heteroatoms. The molecule has 1 fully saturated rings. The maximum Gasteiger partial charge on any atom is 0.416 e. The lowest BCUT2D eigenvalue weighted by molar-refractivity contribution is -0.142. The van der Waals surface area contributed by atoms with Crippen molar-refractivity contribution in [3.05, 3.63) is 71.3 Å². The van der Waals surface area contributed by atoms with Crippen LogP contribution in [-0.2, 0) is 33.5 Å². The summed E-state index contributed by atoms with van der Waals surface area (Å²) in [6.45, 7) is 0.332. The van der Waals surface area contributed by atoms with E-state index in [2.05, 4.69) is 5.32 Å². The molecular weight excluding hydrogens is 441 g/mol. The molecule has 2 amide bonds. The van der Waals surface area contributed by atoms with Crippen molar-refractivity contribution in [3.8, 4) is 0 Å². The molecule has 1 heterocycles. The van der Waals surface area contributed by atoms with E-state index in [1.54, 1.807) is 24.3 Å². The second-order valence-electron chi connectivity index (χ2n) is 7.69. The van der Waals surface area contributed by atoms with E-state index in [4.69, 9.17) is 4.74 Å². The van der Waals surface area contributed by atoms with Crippen LogP contribution in [0.25, 0.3) is 0 Å². The number of alkyl halides is 3. The number of likely N-dealkylation sites (tertiary alicyclic amines) is 1. The zero-order valence-electron chi connectivity index (χ0n) is 17.5. The first-order valence-corrected chi connectivity index (χ1v) is 10.3. The minimum absolute atomic E-state index is 0.0379. The van der Waals surface area contributed by atoms with Gasteiger partial charge in [0.25, 0.3) is 0 Å². The number of amides is 2. The number of carboxylic acid groups (broad SMARTS) is 1. The lowest BCUT2D eigenvalue weighted by Gasteiger charge is -2.25. The van der Waals surface area contributed by atoms with Crippen molar-refractivity contribution >= 4 is 18.0 Å². The summed E-state index contributed by atoms with van der Waals surface area (Å²) >= 11 is 0. The standard InChI is InChI=1S/C23H23F3N2O5/c24-23(25,26)17-10-8-15(9-11-17)13-18(21(30)31)27-20(29)19-7-4-12-28(19)22(32)33-14-16-5-2-1-3-6-16/h1-3,5-6,8-11,18-19H,4,7,12-14H2,(H,27,29)(H,30,31)/t18-,19-/m1/s1. The minimum atomic E-state index is -4.50. The Labute approximate surface area is 188 Å². The van der Waals surface area contributed by atoms with Gasteiger partial charge in [-0.05, 0) is 36.1 Å². The quantitative estimate of drug-likeness (QED) is 0.653. The van der Waals surface area contributed by atoms with Crippen LogP contribution in [0.1, 0.15) is 29.5 Å². The van der Waals surface area contributed by atoms with E-state index >= 15 is 0 Å². The number of nitrogens with one attached hydrogen (secondary N) is 1. The molecule has 2 aromatic rings. The van der Waals surface area contributed by atoms with E-state index in [9.17, 15) is 32.7 Å². The molecule has 2 atom stereocenters. The van der Waals surface area contributed by atoms with Gasteiger partial charge >= 0.3 is 18.2 Å². The van der Waals surface area contributed by atoms with Crippen LogP contribution in [0.3, 0.4) is 0 Å². The number of aliphatic carboxylic acids is 1. The van der Waals surface area contributed by atoms with Crippen LogP contribution in [0.5, 0.6) is 0 Å². The average Bonchev–Trinajstić information content (AvgIpc) is 3.27. The Balaban J connectivity index is 1.60. The van der Waals surface area contributed by atoms with Crippen molar-refractivity contribution in [2.75, 3.05) is 6.54 Å². The molecule has 3 rings (SSSR count). The molecule has 0 radical (unpaired) electrons. The molecule has 176 valence electrons. The summed E-state index contributed by atoms with van der Waals surface area (Å²) in [5, 5.41) is 11.9. The highest BCUT2D eigenvalue weighted by atomic mass is 19.4. The molecule has 33 heavy (non-hydrogen) atoms. The molecule has 2 N–H and O–H groups in total. The molecule has 0 aromatic heterocycles. The van der Waals surface area contributed by atoms with Gasteiger partial charge in [0.05, 0.1) is 5.56 Å². The minimum Gasteiger partial charge on any atom is -0.480 e. The van der Waals surface area contributed by atoms with E-state index in [1.807, 2.05) is 6.07 Å². The second kappa shape index (κ2) is 10.4. The first-order valence-electron chi connectivity index (χ1n) is 10.3. The molecule has 0 spiro atoms. The summed E-state index contributed by atoms with van der Waals surface area (Å²) < 4.78 is 43.4. The molecule has 0 saturated carbocycles. The summed E-state index contributed by atoms with van der Waals surface area (Å²) in [4.78, 5) is 38.1. The highest BCUT2D eigenvalue weighted by molar-refractivity contribution is 5.89. The number of carbonyl (C=O) groups is 3. The van der Waals surface area contributed by atoms with Gasteiger partial charge in [-0.2, -0.15) is 13.2 Å². The monoisotopic (exact) mass is 464 g/mol. The Hall–Kier alpha value is -3.56. The number of nitrogens with zero attached hydrogens (tertiary/aromatic N) is 1. The maximum atomic E-state index is 12.8. The number of benzene rings is 2. The first kappa shape index (κ1) is 24.1. The molecule has 0 unspecified atom stereocenters. The predicted molar refractivity (Wildman–Crippen MR) is 111 cm³/mol. The predicted octanol–water partition coefficient (Wildman–Crippen LogP) is 3.62. The zero-order valence-corrected chi connectivity index (χ0v) is 17.5. The van der Waals surface area contributed by atoms with Crippen LogP contribution in [-0.4, -0.2) is 46.6 Å². The van der Waals surface area contributed by atoms with Crippen molar-refractivity contribution in [1.29, 1.82) is 0 Å². The lowest BCUT2D eigenvalue weighted by Crippen LogP contribution is -2.51. The van der Waals surface area contributed by atoms with Crippen LogP contribution in [0.15, 0.2) is 54.6 Å². The third kappa shape index (κ3) is 6.47. The number of ether oxygens (including phenoxy) is 1. The number of halogens is 3. The Kier molecular flexibility index (Phi) is 7.57. The molecule has 2 aromatic carbocycles. The van der Waals surface area contributed by atoms with Gasteiger partial charge in [0.1, 0.15) is 18.7 Å². The summed E-state index contributed by atoms with van der Waals surface area (Å²) in [6, 6.07) is 10.8. The van der Waals surface area contributed by atoms with Gasteiger partial charge in [-0.15, -0.1) is 0 Å². The normalized spacial score (nSPS) is 16.8. The van der Waals surface area contributed by atoms with Gasteiger partial charge in [0.15, 0.2) is 0 Å². The average molecular weight is 464 g/mol. The molecule has 1 aliphatic rings. The summed E-state index contributed by atoms with van der Waals surface area (Å²) in [5.41, 5.74) is 0.257. The van der Waals surface area contributed by atoms with E-state index in [0.717, 1.165) is 17.7 Å². The van der Waals surface area contributed by atoms with Crippen molar-refractivity contribution in [1.82, 2.24) is 10.2 Å². The topological polar surface area (TPSA) is 95.9 Å². The number of carboxylic acids is 1. The van der Waals surface area contributed by atoms with Gasteiger partial charge in [-0.1, -0.05) is 42.5 Å². The van der Waals surface area contributed by atoms with Crippen molar-refractivity contribution in [2.24, 2.45) is 0 Å². The third-order valence-electron chi connectivity index (χ3n) is 5.33. The van der Waals surface area contributed by atoms with Gasteiger partial charge < -0.3 is 15.2 Å². The molecular formula is C23H23F3N2O5.